The molecule has 5 rings (SSSR count). The summed E-state index contributed by atoms with van der Waals surface area (Å²) in [6, 6.07) is 12.1. The Balaban J connectivity index is 1.61. The number of carbonyl (C=O) groups is 1. The van der Waals surface area contributed by atoms with E-state index in [-0.39, 0.29) is 12.0 Å². The number of anilines is 1. The van der Waals surface area contributed by atoms with Crippen molar-refractivity contribution in [2.45, 2.75) is 31.2 Å². The number of fused-ring (bicyclic) bond motifs is 7. The Morgan fingerprint density at radius 2 is 1.89 bits per heavy atom. The van der Waals surface area contributed by atoms with Crippen molar-refractivity contribution in [2.24, 2.45) is 17.8 Å². The third-order valence-electron chi connectivity index (χ3n) is 6.81. The van der Waals surface area contributed by atoms with E-state index in [2.05, 4.69) is 11.4 Å². The predicted octanol–water partition coefficient (Wildman–Crippen LogP) is 6.08. The summed E-state index contributed by atoms with van der Waals surface area (Å²) in [6.07, 6.45) is 3.84. The van der Waals surface area contributed by atoms with Crippen molar-refractivity contribution < 1.29 is 9.53 Å². The Morgan fingerprint density at radius 1 is 1.07 bits per heavy atom. The van der Waals surface area contributed by atoms with Crippen molar-refractivity contribution >= 4 is 34.9 Å². The molecule has 5 heteroatoms. The lowest BCUT2D eigenvalue weighted by Crippen LogP contribution is -2.35. The first kappa shape index (κ1) is 17.4. The van der Waals surface area contributed by atoms with Gasteiger partial charge < -0.3 is 10.1 Å². The Hall–Kier alpha value is -1.71. The summed E-state index contributed by atoms with van der Waals surface area (Å²) in [6.45, 7) is 0. The summed E-state index contributed by atoms with van der Waals surface area (Å²) in [5.41, 5.74) is 4.21. The summed E-state index contributed by atoms with van der Waals surface area (Å²) in [5, 5.41) is 4.93. The smallest absolute Gasteiger partial charge is 0.337 e. The number of carbonyl (C=O) groups excluding carboxylic acids is 1. The zero-order chi connectivity index (χ0) is 18.7. The second-order valence-electron chi connectivity index (χ2n) is 8.03. The summed E-state index contributed by atoms with van der Waals surface area (Å²) in [4.78, 5) is 12.0. The predicted molar refractivity (Wildman–Crippen MR) is 108 cm³/mol. The number of halogens is 2. The zero-order valence-electron chi connectivity index (χ0n) is 15.0. The molecule has 0 spiro atoms. The van der Waals surface area contributed by atoms with E-state index in [9.17, 15) is 4.79 Å². The first-order valence-electron chi connectivity index (χ1n) is 9.50. The van der Waals surface area contributed by atoms with Crippen LogP contribution in [0.25, 0.3) is 0 Å². The van der Waals surface area contributed by atoms with E-state index in [0.29, 0.717) is 39.3 Å². The van der Waals surface area contributed by atoms with Crippen LogP contribution in [0, 0.1) is 17.8 Å². The van der Waals surface area contributed by atoms with Gasteiger partial charge in [-0.25, -0.2) is 4.79 Å². The highest BCUT2D eigenvalue weighted by Crippen LogP contribution is 2.63. The molecule has 1 aliphatic heterocycles. The van der Waals surface area contributed by atoms with Crippen LogP contribution in [-0.2, 0) is 4.74 Å². The zero-order valence-corrected chi connectivity index (χ0v) is 16.6. The fourth-order valence-corrected chi connectivity index (χ4v) is 6.07. The third-order valence-corrected chi connectivity index (χ3v) is 7.55. The van der Waals surface area contributed by atoms with E-state index in [0.717, 1.165) is 5.69 Å². The van der Waals surface area contributed by atoms with E-state index < -0.39 is 0 Å². The maximum Gasteiger partial charge on any atom is 0.337 e. The van der Waals surface area contributed by atoms with Crippen LogP contribution in [0.4, 0.5) is 5.69 Å². The highest BCUT2D eigenvalue weighted by Gasteiger charge is 2.53. The molecule has 2 saturated carbocycles. The Kier molecular flexibility index (Phi) is 4.14. The van der Waals surface area contributed by atoms with Gasteiger partial charge in [0.05, 0.1) is 28.8 Å². The van der Waals surface area contributed by atoms with Gasteiger partial charge in [0, 0.05) is 5.69 Å². The monoisotopic (exact) mass is 401 g/mol. The molecular weight excluding hydrogens is 381 g/mol. The van der Waals surface area contributed by atoms with E-state index in [1.54, 1.807) is 0 Å². The molecule has 0 aromatic heterocycles. The van der Waals surface area contributed by atoms with Crippen molar-refractivity contribution in [3.63, 3.8) is 0 Å². The summed E-state index contributed by atoms with van der Waals surface area (Å²) < 4.78 is 4.93. The molecule has 27 heavy (non-hydrogen) atoms. The maximum absolute atomic E-state index is 12.0. The average molecular weight is 402 g/mol. The molecule has 0 saturated heterocycles. The number of hydrogen-bond donors (Lipinski definition) is 1. The average Bonchev–Trinajstić information content (AvgIpc) is 3.31. The number of ether oxygens (including phenoxy) is 1. The second-order valence-corrected chi connectivity index (χ2v) is 8.84. The van der Waals surface area contributed by atoms with Gasteiger partial charge in [-0.15, -0.1) is 0 Å². The van der Waals surface area contributed by atoms with Crippen LogP contribution >= 0.6 is 23.2 Å². The number of methoxy groups -OCH3 is 1. The van der Waals surface area contributed by atoms with E-state index in [1.807, 2.05) is 30.3 Å². The van der Waals surface area contributed by atoms with Gasteiger partial charge >= 0.3 is 5.97 Å². The normalized spacial score (nSPS) is 30.4. The molecular formula is C22H21Cl2NO2. The first-order valence-corrected chi connectivity index (χ1v) is 10.3. The highest BCUT2D eigenvalue weighted by atomic mass is 35.5. The number of benzene rings is 2. The van der Waals surface area contributed by atoms with Crippen LogP contribution in [0.5, 0.6) is 0 Å². The maximum atomic E-state index is 12.0. The van der Waals surface area contributed by atoms with Crippen molar-refractivity contribution in [1.29, 1.82) is 0 Å². The Labute approximate surface area is 169 Å². The minimum absolute atomic E-state index is 0.219. The molecule has 5 atom stereocenters. The van der Waals surface area contributed by atoms with Crippen LogP contribution in [0.1, 0.15) is 52.7 Å². The molecule has 140 valence electrons. The van der Waals surface area contributed by atoms with Crippen LogP contribution in [0.15, 0.2) is 36.4 Å². The second kappa shape index (κ2) is 6.42. The van der Waals surface area contributed by atoms with Gasteiger partial charge in [0.25, 0.3) is 0 Å². The third kappa shape index (κ3) is 2.67. The molecule has 0 radical (unpaired) electrons. The first-order chi connectivity index (χ1) is 13.1. The number of rotatable bonds is 2. The van der Waals surface area contributed by atoms with Crippen LogP contribution in [0.2, 0.25) is 10.0 Å². The molecule has 2 aliphatic carbocycles. The SMILES string of the molecule is COC(=O)c1ccc2c(c1)[C@@H]1[C@H]3CC[C@@H](C3)[C@H]1[C@@H](c1ccc(Cl)c(Cl)c1)N2. The van der Waals surface area contributed by atoms with Crippen LogP contribution in [0.3, 0.4) is 0 Å². The van der Waals surface area contributed by atoms with Crippen LogP contribution in [-0.4, -0.2) is 13.1 Å². The fraction of sp³-hybridized carbons (Fsp3) is 0.409. The van der Waals surface area contributed by atoms with Crippen molar-refractivity contribution in [2.75, 3.05) is 12.4 Å². The molecule has 0 unspecified atom stereocenters. The fourth-order valence-electron chi connectivity index (χ4n) is 5.77. The van der Waals surface area contributed by atoms with Gasteiger partial charge in [0.2, 0.25) is 0 Å². The Bertz CT molecular complexity index is 929. The molecule has 1 heterocycles. The topological polar surface area (TPSA) is 38.3 Å². The van der Waals surface area contributed by atoms with Gasteiger partial charge in [-0.2, -0.15) is 0 Å². The number of hydrogen-bond acceptors (Lipinski definition) is 3. The highest BCUT2D eigenvalue weighted by molar-refractivity contribution is 6.42. The van der Waals surface area contributed by atoms with Gasteiger partial charge in [0.1, 0.15) is 0 Å². The van der Waals surface area contributed by atoms with Gasteiger partial charge in [-0.3, -0.25) is 0 Å². The van der Waals surface area contributed by atoms with Gasteiger partial charge in [-0.1, -0.05) is 29.3 Å². The summed E-state index contributed by atoms with van der Waals surface area (Å²) in [5.74, 6) is 2.12. The van der Waals surface area contributed by atoms with E-state index >= 15 is 0 Å². The lowest BCUT2D eigenvalue weighted by molar-refractivity contribution is 0.0600. The largest absolute Gasteiger partial charge is 0.465 e. The molecule has 2 aromatic rings. The molecule has 2 aromatic carbocycles. The minimum Gasteiger partial charge on any atom is -0.465 e. The number of esters is 1. The molecule has 3 nitrogen and oxygen atoms in total. The Morgan fingerprint density at radius 3 is 2.67 bits per heavy atom. The van der Waals surface area contributed by atoms with Gasteiger partial charge in [-0.05, 0) is 84.4 Å². The molecule has 1 N–H and O–H groups in total. The van der Waals surface area contributed by atoms with E-state index in [4.69, 9.17) is 27.9 Å². The van der Waals surface area contributed by atoms with Crippen molar-refractivity contribution in [3.8, 4) is 0 Å². The molecule has 0 amide bonds. The van der Waals surface area contributed by atoms with Crippen molar-refractivity contribution in [3.05, 3.63) is 63.1 Å². The summed E-state index contributed by atoms with van der Waals surface area (Å²) in [7, 11) is 1.43. The van der Waals surface area contributed by atoms with E-state index in [1.165, 1.54) is 37.5 Å². The van der Waals surface area contributed by atoms with Crippen LogP contribution < -0.4 is 5.32 Å². The molecule has 3 aliphatic rings. The molecule has 2 fully saturated rings. The molecule has 2 bridgehead atoms. The van der Waals surface area contributed by atoms with Gasteiger partial charge in [0.15, 0.2) is 0 Å². The summed E-state index contributed by atoms with van der Waals surface area (Å²) >= 11 is 12.5. The standard InChI is InChI=1S/C22H21Cl2NO2/c1-27-22(26)14-5-7-18-15(9-14)19-11-2-3-12(8-11)20(19)21(25-18)13-4-6-16(23)17(24)10-13/h4-7,9-12,19-21,25H,2-3,8H2,1H3/t11-,12-,19-,20+,21+/m0/s1. The minimum atomic E-state index is -0.274. The lowest BCUT2D eigenvalue weighted by Gasteiger charge is -2.43. The lowest BCUT2D eigenvalue weighted by atomic mass is 9.68. The quantitative estimate of drug-likeness (QED) is 0.619. The number of nitrogens with one attached hydrogen (secondary N) is 1. The van der Waals surface area contributed by atoms with Crippen molar-refractivity contribution in [1.82, 2.24) is 0 Å².